The predicted octanol–water partition coefficient (Wildman–Crippen LogP) is 3.29. The molecule has 1 aromatic carbocycles. The van der Waals surface area contributed by atoms with Crippen LogP contribution >= 0.6 is 0 Å². The number of furan rings is 1. The first-order valence-electron chi connectivity index (χ1n) is 7.16. The number of carbonyl (C=O) groups excluding carboxylic acids is 1. The van der Waals surface area contributed by atoms with Crippen molar-refractivity contribution < 1.29 is 9.21 Å². The molecule has 4 nitrogen and oxygen atoms in total. The summed E-state index contributed by atoms with van der Waals surface area (Å²) < 4.78 is 5.49. The van der Waals surface area contributed by atoms with Crippen molar-refractivity contribution in [3.05, 3.63) is 53.0 Å². The van der Waals surface area contributed by atoms with Crippen molar-refractivity contribution in [1.29, 1.82) is 0 Å². The number of nitrogen functional groups attached to an aromatic ring is 1. The second-order valence-corrected chi connectivity index (χ2v) is 5.40. The van der Waals surface area contributed by atoms with Crippen LogP contribution in [0.5, 0.6) is 0 Å². The molecule has 0 aliphatic heterocycles. The second-order valence-electron chi connectivity index (χ2n) is 5.40. The van der Waals surface area contributed by atoms with Crippen LogP contribution in [0.3, 0.4) is 0 Å². The number of nitrogens with one attached hydrogen (secondary N) is 1. The third-order valence-corrected chi connectivity index (χ3v) is 3.54. The van der Waals surface area contributed by atoms with Crippen LogP contribution in [0.2, 0.25) is 0 Å². The van der Waals surface area contributed by atoms with Crippen LogP contribution in [0, 0.1) is 13.8 Å². The molecule has 0 radical (unpaired) electrons. The normalized spacial score (nSPS) is 12.1. The van der Waals surface area contributed by atoms with Gasteiger partial charge in [-0.2, -0.15) is 0 Å². The zero-order valence-corrected chi connectivity index (χ0v) is 12.8. The minimum absolute atomic E-state index is 0.0394. The molecule has 1 unspecified atom stereocenters. The summed E-state index contributed by atoms with van der Waals surface area (Å²) in [5.41, 5.74) is 8.53. The van der Waals surface area contributed by atoms with E-state index >= 15 is 0 Å². The maximum atomic E-state index is 12.0. The molecule has 1 amide bonds. The minimum Gasteiger partial charge on any atom is -0.466 e. The van der Waals surface area contributed by atoms with E-state index in [0.717, 1.165) is 28.3 Å². The van der Waals surface area contributed by atoms with Gasteiger partial charge in [-0.3, -0.25) is 4.79 Å². The van der Waals surface area contributed by atoms with E-state index in [9.17, 15) is 4.79 Å². The standard InChI is InChI=1S/C17H22N2O2/c1-11-10-16(13(3)21-11)12(2)19-17(20)9-6-14-4-7-15(18)8-5-14/h4-5,7-8,10,12H,6,9,18H2,1-3H3,(H,19,20). The molecule has 0 aliphatic carbocycles. The van der Waals surface area contributed by atoms with Gasteiger partial charge in [0.2, 0.25) is 5.91 Å². The van der Waals surface area contributed by atoms with Crippen LogP contribution < -0.4 is 11.1 Å². The first kappa shape index (κ1) is 15.2. The van der Waals surface area contributed by atoms with Crippen LogP contribution in [-0.2, 0) is 11.2 Å². The third kappa shape index (κ3) is 4.12. The summed E-state index contributed by atoms with van der Waals surface area (Å²) in [6.07, 6.45) is 1.17. The number of benzene rings is 1. The summed E-state index contributed by atoms with van der Waals surface area (Å²) in [5.74, 6) is 1.77. The molecular weight excluding hydrogens is 264 g/mol. The highest BCUT2D eigenvalue weighted by Gasteiger charge is 2.14. The first-order valence-corrected chi connectivity index (χ1v) is 7.16. The number of hydrogen-bond acceptors (Lipinski definition) is 3. The van der Waals surface area contributed by atoms with E-state index in [0.29, 0.717) is 12.8 Å². The van der Waals surface area contributed by atoms with E-state index in [1.54, 1.807) is 0 Å². The van der Waals surface area contributed by atoms with Crippen LogP contribution in [-0.4, -0.2) is 5.91 Å². The van der Waals surface area contributed by atoms with Crippen LogP contribution in [0.15, 0.2) is 34.7 Å². The highest BCUT2D eigenvalue weighted by atomic mass is 16.3. The maximum Gasteiger partial charge on any atom is 0.220 e. The lowest BCUT2D eigenvalue weighted by molar-refractivity contribution is -0.121. The maximum absolute atomic E-state index is 12.0. The number of hydrogen-bond donors (Lipinski definition) is 2. The Labute approximate surface area is 125 Å². The average Bonchev–Trinajstić information content (AvgIpc) is 2.77. The molecule has 4 heteroatoms. The first-order chi connectivity index (χ1) is 9.95. The summed E-state index contributed by atoms with van der Waals surface area (Å²) in [6, 6.07) is 9.55. The highest BCUT2D eigenvalue weighted by molar-refractivity contribution is 5.76. The van der Waals surface area contributed by atoms with E-state index in [1.807, 2.05) is 51.1 Å². The number of rotatable bonds is 5. The number of anilines is 1. The predicted molar refractivity (Wildman–Crippen MR) is 83.9 cm³/mol. The van der Waals surface area contributed by atoms with Crippen LogP contribution in [0.4, 0.5) is 5.69 Å². The van der Waals surface area contributed by atoms with Gasteiger partial charge < -0.3 is 15.5 Å². The van der Waals surface area contributed by atoms with Crippen molar-refractivity contribution in [2.45, 2.75) is 39.7 Å². The zero-order valence-electron chi connectivity index (χ0n) is 12.8. The molecule has 0 saturated heterocycles. The summed E-state index contributed by atoms with van der Waals surface area (Å²) in [4.78, 5) is 12.0. The molecule has 112 valence electrons. The van der Waals surface area contributed by atoms with Gasteiger partial charge in [0.25, 0.3) is 0 Å². The van der Waals surface area contributed by atoms with Gasteiger partial charge in [0.1, 0.15) is 11.5 Å². The molecule has 0 spiro atoms. The minimum atomic E-state index is -0.0404. The van der Waals surface area contributed by atoms with Gasteiger partial charge >= 0.3 is 0 Å². The van der Waals surface area contributed by atoms with E-state index < -0.39 is 0 Å². The van der Waals surface area contributed by atoms with E-state index in [2.05, 4.69) is 5.32 Å². The summed E-state index contributed by atoms with van der Waals surface area (Å²) >= 11 is 0. The topological polar surface area (TPSA) is 68.3 Å². The van der Waals surface area contributed by atoms with E-state index in [1.165, 1.54) is 0 Å². The highest BCUT2D eigenvalue weighted by Crippen LogP contribution is 2.21. The van der Waals surface area contributed by atoms with Crippen LogP contribution in [0.1, 0.15) is 42.0 Å². The fourth-order valence-corrected chi connectivity index (χ4v) is 2.41. The molecule has 2 rings (SSSR count). The van der Waals surface area contributed by atoms with Gasteiger partial charge in [0.05, 0.1) is 6.04 Å². The monoisotopic (exact) mass is 286 g/mol. The molecule has 0 bridgehead atoms. The van der Waals surface area contributed by atoms with Crippen LogP contribution in [0.25, 0.3) is 0 Å². The summed E-state index contributed by atoms with van der Waals surface area (Å²) in [7, 11) is 0. The van der Waals surface area contributed by atoms with Gasteiger partial charge in [-0.25, -0.2) is 0 Å². The third-order valence-electron chi connectivity index (χ3n) is 3.54. The van der Waals surface area contributed by atoms with Gasteiger partial charge in [0, 0.05) is 17.7 Å². The van der Waals surface area contributed by atoms with Crippen molar-refractivity contribution in [3.63, 3.8) is 0 Å². The Hall–Kier alpha value is -2.23. The Balaban J connectivity index is 1.87. The molecule has 1 heterocycles. The lowest BCUT2D eigenvalue weighted by Crippen LogP contribution is -2.26. The second kappa shape index (κ2) is 6.48. The molecule has 0 saturated carbocycles. The zero-order chi connectivity index (χ0) is 15.4. The fraction of sp³-hybridized carbons (Fsp3) is 0.353. The molecule has 2 aromatic rings. The molecule has 0 aliphatic rings. The van der Waals surface area contributed by atoms with Crippen molar-refractivity contribution in [1.82, 2.24) is 5.32 Å². The van der Waals surface area contributed by atoms with Gasteiger partial charge in [-0.15, -0.1) is 0 Å². The molecule has 3 N–H and O–H groups in total. The summed E-state index contributed by atoms with van der Waals surface area (Å²) in [5, 5.41) is 3.01. The number of aryl methyl sites for hydroxylation is 3. The Morgan fingerprint density at radius 2 is 1.95 bits per heavy atom. The lowest BCUT2D eigenvalue weighted by Gasteiger charge is -2.13. The Morgan fingerprint density at radius 1 is 1.29 bits per heavy atom. The Morgan fingerprint density at radius 3 is 2.52 bits per heavy atom. The Kier molecular flexibility index (Phi) is 4.68. The largest absolute Gasteiger partial charge is 0.466 e. The van der Waals surface area contributed by atoms with Crippen molar-refractivity contribution in [2.75, 3.05) is 5.73 Å². The molecular formula is C17H22N2O2. The number of amides is 1. The van der Waals surface area contributed by atoms with Gasteiger partial charge in [0.15, 0.2) is 0 Å². The van der Waals surface area contributed by atoms with Crippen molar-refractivity contribution in [3.8, 4) is 0 Å². The Bertz CT molecular complexity index is 614. The molecule has 1 aromatic heterocycles. The quantitative estimate of drug-likeness (QED) is 0.829. The average molecular weight is 286 g/mol. The fourth-order valence-electron chi connectivity index (χ4n) is 2.41. The van der Waals surface area contributed by atoms with Gasteiger partial charge in [-0.05, 0) is 51.0 Å². The summed E-state index contributed by atoms with van der Waals surface area (Å²) in [6.45, 7) is 5.80. The SMILES string of the molecule is Cc1cc(C(C)NC(=O)CCc2ccc(N)cc2)c(C)o1. The van der Waals surface area contributed by atoms with E-state index in [4.69, 9.17) is 10.2 Å². The smallest absolute Gasteiger partial charge is 0.220 e. The molecule has 0 fully saturated rings. The van der Waals surface area contributed by atoms with Crippen molar-refractivity contribution in [2.24, 2.45) is 0 Å². The van der Waals surface area contributed by atoms with E-state index in [-0.39, 0.29) is 11.9 Å². The van der Waals surface area contributed by atoms with Crippen molar-refractivity contribution >= 4 is 11.6 Å². The molecule has 1 atom stereocenters. The number of nitrogens with two attached hydrogens (primary N) is 1. The lowest BCUT2D eigenvalue weighted by atomic mass is 10.1. The molecule has 21 heavy (non-hydrogen) atoms. The number of carbonyl (C=O) groups is 1. The van der Waals surface area contributed by atoms with Gasteiger partial charge in [-0.1, -0.05) is 12.1 Å².